The standard InChI is InChI=1S/C20H24ClNO6S/c1-11-16(19(25)27-2)17(13-6-4-5-7-14(13)21)18(20(26)28-3)15(22-11)10-29-9-12(24)8-23/h4-7,12,17,22-24H,8-10H2,1-3H3. The van der Waals surface area contributed by atoms with E-state index in [2.05, 4.69) is 5.32 Å². The number of thioether (sulfide) groups is 1. The second-order valence-corrected chi connectivity index (χ2v) is 7.78. The number of allylic oxidation sites excluding steroid dienone is 1. The molecule has 3 N–H and O–H groups in total. The second kappa shape index (κ2) is 10.7. The molecule has 1 aliphatic rings. The highest BCUT2D eigenvalue weighted by Crippen LogP contribution is 2.42. The maximum atomic E-state index is 12.8. The van der Waals surface area contributed by atoms with E-state index in [9.17, 15) is 14.7 Å². The molecule has 0 spiro atoms. The van der Waals surface area contributed by atoms with Crippen molar-refractivity contribution < 1.29 is 29.3 Å². The van der Waals surface area contributed by atoms with Gasteiger partial charge in [0.1, 0.15) is 0 Å². The number of aliphatic hydroxyl groups excluding tert-OH is 2. The molecule has 0 aliphatic carbocycles. The van der Waals surface area contributed by atoms with Crippen molar-refractivity contribution in [2.24, 2.45) is 0 Å². The van der Waals surface area contributed by atoms with Gasteiger partial charge in [-0.1, -0.05) is 29.8 Å². The molecule has 0 radical (unpaired) electrons. The van der Waals surface area contributed by atoms with Crippen LogP contribution in [-0.2, 0) is 19.1 Å². The van der Waals surface area contributed by atoms with Gasteiger partial charge >= 0.3 is 11.9 Å². The van der Waals surface area contributed by atoms with E-state index in [4.69, 9.17) is 26.2 Å². The second-order valence-electron chi connectivity index (χ2n) is 6.35. The van der Waals surface area contributed by atoms with Crippen LogP contribution in [0.4, 0.5) is 0 Å². The van der Waals surface area contributed by atoms with Gasteiger partial charge in [-0.05, 0) is 18.6 Å². The van der Waals surface area contributed by atoms with E-state index in [1.807, 2.05) is 0 Å². The first kappa shape index (κ1) is 23.3. The van der Waals surface area contributed by atoms with Gasteiger partial charge in [-0.2, -0.15) is 11.8 Å². The first-order valence-electron chi connectivity index (χ1n) is 8.84. The van der Waals surface area contributed by atoms with E-state index in [0.717, 1.165) is 0 Å². The van der Waals surface area contributed by atoms with Gasteiger partial charge in [0.25, 0.3) is 0 Å². The van der Waals surface area contributed by atoms with Crippen molar-refractivity contribution in [1.29, 1.82) is 0 Å². The zero-order valence-electron chi connectivity index (χ0n) is 16.4. The van der Waals surface area contributed by atoms with Crippen molar-refractivity contribution in [2.45, 2.75) is 18.9 Å². The van der Waals surface area contributed by atoms with E-state index in [0.29, 0.717) is 27.7 Å². The lowest BCUT2D eigenvalue weighted by Gasteiger charge is -2.31. The number of dihydropyridines is 1. The SMILES string of the molecule is COC(=O)C1=C(C)NC(CSCC(O)CO)=C(C(=O)OC)C1c1ccccc1Cl. The van der Waals surface area contributed by atoms with E-state index >= 15 is 0 Å². The number of esters is 2. The van der Waals surface area contributed by atoms with Crippen molar-refractivity contribution in [3.8, 4) is 0 Å². The van der Waals surface area contributed by atoms with Gasteiger partial charge in [-0.3, -0.25) is 0 Å². The lowest BCUT2D eigenvalue weighted by molar-refractivity contribution is -0.137. The summed E-state index contributed by atoms with van der Waals surface area (Å²) in [5.41, 5.74) is 2.17. The van der Waals surface area contributed by atoms with Crippen LogP contribution in [0, 0.1) is 0 Å². The molecular formula is C20H24ClNO6S. The van der Waals surface area contributed by atoms with Gasteiger partial charge in [-0.25, -0.2) is 9.59 Å². The number of nitrogens with one attached hydrogen (secondary N) is 1. The largest absolute Gasteiger partial charge is 0.466 e. The van der Waals surface area contributed by atoms with Crippen LogP contribution in [-0.4, -0.2) is 60.6 Å². The van der Waals surface area contributed by atoms with Gasteiger partial charge in [-0.15, -0.1) is 0 Å². The number of hydrogen-bond donors (Lipinski definition) is 3. The lowest BCUT2D eigenvalue weighted by atomic mass is 9.80. The minimum Gasteiger partial charge on any atom is -0.466 e. The Bertz CT molecular complexity index is 838. The fourth-order valence-corrected chi connectivity index (χ4v) is 4.28. The van der Waals surface area contributed by atoms with Gasteiger partial charge in [0.15, 0.2) is 0 Å². The normalized spacial score (nSPS) is 17.7. The van der Waals surface area contributed by atoms with Crippen LogP contribution in [0.5, 0.6) is 0 Å². The maximum Gasteiger partial charge on any atom is 0.336 e. The molecule has 2 rings (SSSR count). The molecule has 0 bridgehead atoms. The molecule has 0 aromatic heterocycles. The average Bonchev–Trinajstić information content (AvgIpc) is 2.72. The minimum atomic E-state index is -0.868. The summed E-state index contributed by atoms with van der Waals surface area (Å²) >= 11 is 7.74. The minimum absolute atomic E-state index is 0.248. The number of aliphatic hydroxyl groups is 2. The summed E-state index contributed by atoms with van der Waals surface area (Å²) in [6.07, 6.45) is -0.868. The Morgan fingerprint density at radius 1 is 1.21 bits per heavy atom. The van der Waals surface area contributed by atoms with Gasteiger partial charge in [0.05, 0.1) is 44.0 Å². The molecule has 1 aromatic rings. The van der Waals surface area contributed by atoms with Crippen LogP contribution in [0.15, 0.2) is 46.8 Å². The molecule has 1 aromatic carbocycles. The Labute approximate surface area is 178 Å². The smallest absolute Gasteiger partial charge is 0.336 e. The molecule has 0 saturated heterocycles. The van der Waals surface area contributed by atoms with Crippen LogP contribution in [0.25, 0.3) is 0 Å². The predicted molar refractivity (Wildman–Crippen MR) is 112 cm³/mol. The number of benzene rings is 1. The van der Waals surface area contributed by atoms with Crippen LogP contribution in [0.2, 0.25) is 5.02 Å². The van der Waals surface area contributed by atoms with E-state index in [-0.39, 0.29) is 23.5 Å². The van der Waals surface area contributed by atoms with E-state index in [1.165, 1.54) is 26.0 Å². The number of carbonyl (C=O) groups is 2. The van der Waals surface area contributed by atoms with Crippen molar-refractivity contribution in [1.82, 2.24) is 5.32 Å². The molecule has 0 amide bonds. The first-order valence-corrected chi connectivity index (χ1v) is 10.4. The Kier molecular flexibility index (Phi) is 8.58. The summed E-state index contributed by atoms with van der Waals surface area (Å²) in [5.74, 6) is -1.35. The lowest BCUT2D eigenvalue weighted by Crippen LogP contribution is -2.34. The van der Waals surface area contributed by atoms with Crippen LogP contribution in [0.1, 0.15) is 18.4 Å². The molecule has 7 nitrogen and oxygen atoms in total. The van der Waals surface area contributed by atoms with Crippen LogP contribution >= 0.6 is 23.4 Å². The van der Waals surface area contributed by atoms with Gasteiger partial charge in [0, 0.05) is 27.9 Å². The summed E-state index contributed by atoms with van der Waals surface area (Å²) in [6, 6.07) is 6.96. The van der Waals surface area contributed by atoms with Crippen LogP contribution < -0.4 is 5.32 Å². The fraction of sp³-hybridized carbons (Fsp3) is 0.400. The molecule has 2 atom stereocenters. The van der Waals surface area contributed by atoms with Crippen molar-refractivity contribution >= 4 is 35.3 Å². The zero-order valence-corrected chi connectivity index (χ0v) is 18.0. The fourth-order valence-electron chi connectivity index (χ4n) is 3.11. The van der Waals surface area contributed by atoms with E-state index < -0.39 is 24.0 Å². The van der Waals surface area contributed by atoms with Crippen molar-refractivity contribution in [2.75, 3.05) is 32.3 Å². The molecule has 2 unspecified atom stereocenters. The highest BCUT2D eigenvalue weighted by Gasteiger charge is 2.39. The molecule has 158 valence electrons. The van der Waals surface area contributed by atoms with Crippen LogP contribution in [0.3, 0.4) is 0 Å². The Morgan fingerprint density at radius 2 is 1.83 bits per heavy atom. The summed E-state index contributed by atoms with van der Waals surface area (Å²) in [6.45, 7) is 1.37. The van der Waals surface area contributed by atoms with Gasteiger partial charge < -0.3 is 25.0 Å². The maximum absolute atomic E-state index is 12.8. The highest BCUT2D eigenvalue weighted by atomic mass is 35.5. The number of ether oxygens (including phenoxy) is 2. The third-order valence-electron chi connectivity index (χ3n) is 4.44. The Balaban J connectivity index is 2.59. The molecular weight excluding hydrogens is 418 g/mol. The zero-order chi connectivity index (χ0) is 21.6. The summed E-state index contributed by atoms with van der Waals surface area (Å²) < 4.78 is 9.96. The number of halogens is 1. The van der Waals surface area contributed by atoms with Crippen molar-refractivity contribution in [3.05, 3.63) is 57.4 Å². The predicted octanol–water partition coefficient (Wildman–Crippen LogP) is 1.99. The molecule has 29 heavy (non-hydrogen) atoms. The van der Waals surface area contributed by atoms with Gasteiger partial charge in [0.2, 0.25) is 0 Å². The summed E-state index contributed by atoms with van der Waals surface area (Å²) in [7, 11) is 2.54. The molecule has 0 saturated carbocycles. The monoisotopic (exact) mass is 441 g/mol. The third-order valence-corrected chi connectivity index (χ3v) is 5.90. The number of rotatable bonds is 8. The summed E-state index contributed by atoms with van der Waals surface area (Å²) in [5, 5.41) is 22.1. The number of methoxy groups -OCH3 is 2. The Hall–Kier alpha value is -2.00. The first-order chi connectivity index (χ1) is 13.8. The number of carbonyl (C=O) groups excluding carboxylic acids is 2. The van der Waals surface area contributed by atoms with E-state index in [1.54, 1.807) is 31.2 Å². The molecule has 1 aliphatic heterocycles. The molecule has 0 fully saturated rings. The third kappa shape index (κ3) is 5.33. The van der Waals surface area contributed by atoms with Crippen molar-refractivity contribution in [3.63, 3.8) is 0 Å². The Morgan fingerprint density at radius 3 is 2.41 bits per heavy atom. The average molecular weight is 442 g/mol. The quantitative estimate of drug-likeness (QED) is 0.526. The topological polar surface area (TPSA) is 105 Å². The molecule has 1 heterocycles. The summed E-state index contributed by atoms with van der Waals surface area (Å²) in [4.78, 5) is 25.3. The highest BCUT2D eigenvalue weighted by molar-refractivity contribution is 7.99. The number of hydrogen-bond acceptors (Lipinski definition) is 8. The molecule has 9 heteroatoms.